The van der Waals surface area contributed by atoms with E-state index in [4.69, 9.17) is 0 Å². The fourth-order valence-corrected chi connectivity index (χ4v) is 1.74. The maximum absolute atomic E-state index is 11.9. The number of aryl methyl sites for hydroxylation is 1. The van der Waals surface area contributed by atoms with Gasteiger partial charge in [-0.05, 0) is 37.6 Å². The molecule has 1 aromatic carbocycles. The number of aromatic nitrogens is 1. The number of carbonyl (C=O) groups excluding carboxylic acids is 1. The third-order valence-electron chi connectivity index (χ3n) is 2.97. The number of para-hydroxylation sites is 1. The molecule has 5 heteroatoms. The Labute approximate surface area is 124 Å². The highest BCUT2D eigenvalue weighted by Crippen LogP contribution is 2.14. The first-order valence-corrected chi connectivity index (χ1v) is 6.73. The zero-order chi connectivity index (χ0) is 15.1. The standard InChI is InChI=1S/C16H18N4O/c1-12-7-3-4-9-15(12)19-13(2)16(21)20-18-11-14-8-5-6-10-17-14/h3-11,13,19H,1-2H3,(H,20,21)/b18-11-/t13-/m1/s1. The van der Waals surface area contributed by atoms with Crippen molar-refractivity contribution in [3.8, 4) is 0 Å². The molecule has 0 aliphatic heterocycles. The summed E-state index contributed by atoms with van der Waals surface area (Å²) in [6.07, 6.45) is 3.18. The molecule has 0 spiro atoms. The summed E-state index contributed by atoms with van der Waals surface area (Å²) in [5, 5.41) is 7.06. The van der Waals surface area contributed by atoms with E-state index in [-0.39, 0.29) is 11.9 Å². The Morgan fingerprint density at radius 2 is 2.00 bits per heavy atom. The lowest BCUT2D eigenvalue weighted by Crippen LogP contribution is -2.35. The lowest BCUT2D eigenvalue weighted by atomic mass is 10.2. The quantitative estimate of drug-likeness (QED) is 0.653. The normalized spacial score (nSPS) is 12.1. The molecule has 1 aromatic heterocycles. The van der Waals surface area contributed by atoms with Gasteiger partial charge in [-0.15, -0.1) is 0 Å². The first-order valence-electron chi connectivity index (χ1n) is 6.73. The maximum atomic E-state index is 11.9. The van der Waals surface area contributed by atoms with Crippen LogP contribution in [0.1, 0.15) is 18.2 Å². The van der Waals surface area contributed by atoms with Gasteiger partial charge in [0, 0.05) is 11.9 Å². The summed E-state index contributed by atoms with van der Waals surface area (Å²) in [6.45, 7) is 3.78. The average Bonchev–Trinajstić information content (AvgIpc) is 2.50. The van der Waals surface area contributed by atoms with Gasteiger partial charge in [-0.3, -0.25) is 9.78 Å². The Morgan fingerprint density at radius 3 is 2.71 bits per heavy atom. The van der Waals surface area contributed by atoms with Crippen LogP contribution in [0.3, 0.4) is 0 Å². The summed E-state index contributed by atoms with van der Waals surface area (Å²) in [4.78, 5) is 16.0. The minimum absolute atomic E-state index is 0.203. The van der Waals surface area contributed by atoms with Gasteiger partial charge in [-0.25, -0.2) is 5.43 Å². The molecule has 2 rings (SSSR count). The number of benzene rings is 1. The summed E-state index contributed by atoms with van der Waals surface area (Å²) < 4.78 is 0. The first kappa shape index (κ1) is 14.7. The second-order valence-corrected chi connectivity index (χ2v) is 4.67. The number of nitrogens with zero attached hydrogens (tertiary/aromatic N) is 2. The molecule has 1 atom stereocenters. The van der Waals surface area contributed by atoms with Crippen LogP contribution in [0.5, 0.6) is 0 Å². The molecule has 0 fully saturated rings. The predicted octanol–water partition coefficient (Wildman–Crippen LogP) is 2.34. The zero-order valence-electron chi connectivity index (χ0n) is 12.1. The number of amides is 1. The number of pyridine rings is 1. The van der Waals surface area contributed by atoms with E-state index in [0.29, 0.717) is 5.69 Å². The van der Waals surface area contributed by atoms with E-state index in [0.717, 1.165) is 11.3 Å². The van der Waals surface area contributed by atoms with Gasteiger partial charge >= 0.3 is 0 Å². The van der Waals surface area contributed by atoms with Crippen molar-refractivity contribution in [1.29, 1.82) is 0 Å². The van der Waals surface area contributed by atoms with Crippen LogP contribution >= 0.6 is 0 Å². The van der Waals surface area contributed by atoms with Crippen molar-refractivity contribution in [2.75, 3.05) is 5.32 Å². The van der Waals surface area contributed by atoms with Crippen molar-refractivity contribution in [2.24, 2.45) is 5.10 Å². The van der Waals surface area contributed by atoms with Crippen LogP contribution < -0.4 is 10.7 Å². The number of carbonyl (C=O) groups is 1. The minimum Gasteiger partial charge on any atom is -0.374 e. The molecule has 0 aliphatic carbocycles. The van der Waals surface area contributed by atoms with Crippen molar-refractivity contribution in [3.05, 3.63) is 59.9 Å². The van der Waals surface area contributed by atoms with E-state index in [1.165, 1.54) is 6.21 Å². The summed E-state index contributed by atoms with van der Waals surface area (Å²) >= 11 is 0. The Morgan fingerprint density at radius 1 is 1.24 bits per heavy atom. The summed E-state index contributed by atoms with van der Waals surface area (Å²) in [6, 6.07) is 12.9. The molecule has 0 radical (unpaired) electrons. The molecule has 2 N–H and O–H groups in total. The fraction of sp³-hybridized carbons (Fsp3) is 0.188. The smallest absolute Gasteiger partial charge is 0.262 e. The third kappa shape index (κ3) is 4.42. The molecule has 21 heavy (non-hydrogen) atoms. The van der Waals surface area contributed by atoms with Crippen molar-refractivity contribution in [1.82, 2.24) is 10.4 Å². The van der Waals surface area contributed by atoms with E-state index >= 15 is 0 Å². The molecule has 0 unspecified atom stereocenters. The van der Waals surface area contributed by atoms with E-state index in [2.05, 4.69) is 20.8 Å². The van der Waals surface area contributed by atoms with Crippen LogP contribution in [0, 0.1) is 6.92 Å². The molecule has 0 saturated carbocycles. The van der Waals surface area contributed by atoms with E-state index in [9.17, 15) is 4.79 Å². The van der Waals surface area contributed by atoms with Crippen molar-refractivity contribution < 1.29 is 4.79 Å². The van der Waals surface area contributed by atoms with Gasteiger partial charge in [-0.1, -0.05) is 24.3 Å². The monoisotopic (exact) mass is 282 g/mol. The highest BCUT2D eigenvalue weighted by molar-refractivity contribution is 5.86. The van der Waals surface area contributed by atoms with E-state index < -0.39 is 0 Å². The number of nitrogens with one attached hydrogen (secondary N) is 2. The molecule has 0 saturated heterocycles. The molecule has 2 aromatic rings. The van der Waals surface area contributed by atoms with Gasteiger partial charge in [0.15, 0.2) is 0 Å². The van der Waals surface area contributed by atoms with Crippen LogP contribution in [-0.4, -0.2) is 23.1 Å². The largest absolute Gasteiger partial charge is 0.374 e. The number of rotatable bonds is 5. The van der Waals surface area contributed by atoms with Crippen LogP contribution in [0.4, 0.5) is 5.69 Å². The SMILES string of the molecule is Cc1ccccc1N[C@H](C)C(=O)N/N=C\c1ccccn1. The van der Waals surface area contributed by atoms with Gasteiger partial charge < -0.3 is 5.32 Å². The molecular weight excluding hydrogens is 264 g/mol. The second-order valence-electron chi connectivity index (χ2n) is 4.67. The lowest BCUT2D eigenvalue weighted by Gasteiger charge is -2.15. The maximum Gasteiger partial charge on any atom is 0.262 e. The first-order chi connectivity index (χ1) is 10.2. The highest BCUT2D eigenvalue weighted by Gasteiger charge is 2.12. The Balaban J connectivity index is 1.88. The lowest BCUT2D eigenvalue weighted by molar-refractivity contribution is -0.121. The topological polar surface area (TPSA) is 66.4 Å². The van der Waals surface area contributed by atoms with Gasteiger partial charge in [0.25, 0.3) is 5.91 Å². The van der Waals surface area contributed by atoms with Crippen LogP contribution in [-0.2, 0) is 4.79 Å². The molecule has 5 nitrogen and oxygen atoms in total. The number of hydrogen-bond donors (Lipinski definition) is 2. The minimum atomic E-state index is -0.382. The summed E-state index contributed by atoms with van der Waals surface area (Å²) in [7, 11) is 0. The number of hydrogen-bond acceptors (Lipinski definition) is 4. The predicted molar refractivity (Wildman–Crippen MR) is 84.2 cm³/mol. The second kappa shape index (κ2) is 7.19. The Bertz CT molecular complexity index is 625. The number of hydrazone groups is 1. The molecule has 1 heterocycles. The van der Waals surface area contributed by atoms with Gasteiger partial charge in [0.2, 0.25) is 0 Å². The van der Waals surface area contributed by atoms with Crippen molar-refractivity contribution in [3.63, 3.8) is 0 Å². The highest BCUT2D eigenvalue weighted by atomic mass is 16.2. The van der Waals surface area contributed by atoms with Crippen LogP contribution in [0.25, 0.3) is 0 Å². The van der Waals surface area contributed by atoms with Crippen molar-refractivity contribution >= 4 is 17.8 Å². The molecule has 0 aliphatic rings. The van der Waals surface area contributed by atoms with Gasteiger partial charge in [0.05, 0.1) is 11.9 Å². The Kier molecular flexibility index (Phi) is 5.04. The third-order valence-corrected chi connectivity index (χ3v) is 2.97. The average molecular weight is 282 g/mol. The molecule has 0 bridgehead atoms. The van der Waals surface area contributed by atoms with Crippen LogP contribution in [0.15, 0.2) is 53.8 Å². The van der Waals surface area contributed by atoms with Gasteiger partial charge in [0.1, 0.15) is 6.04 Å². The fourth-order valence-electron chi connectivity index (χ4n) is 1.74. The zero-order valence-corrected chi connectivity index (χ0v) is 12.1. The summed E-state index contributed by atoms with van der Waals surface area (Å²) in [5.41, 5.74) is 5.22. The Hall–Kier alpha value is -2.69. The molecule has 1 amide bonds. The van der Waals surface area contributed by atoms with Gasteiger partial charge in [-0.2, -0.15) is 5.10 Å². The van der Waals surface area contributed by atoms with E-state index in [1.54, 1.807) is 13.1 Å². The van der Waals surface area contributed by atoms with Crippen molar-refractivity contribution in [2.45, 2.75) is 19.9 Å². The number of anilines is 1. The van der Waals surface area contributed by atoms with Crippen LogP contribution in [0.2, 0.25) is 0 Å². The van der Waals surface area contributed by atoms with E-state index in [1.807, 2.05) is 49.4 Å². The molecular formula is C16H18N4O. The molecule has 108 valence electrons. The summed E-state index contributed by atoms with van der Waals surface area (Å²) in [5.74, 6) is -0.203.